The fourth-order valence-electron chi connectivity index (χ4n) is 4.11. The maximum absolute atomic E-state index is 14.0. The first-order chi connectivity index (χ1) is 14.1. The van der Waals surface area contributed by atoms with Crippen LogP contribution in [0.2, 0.25) is 5.02 Å². The third kappa shape index (κ3) is 4.73. The van der Waals surface area contributed by atoms with Crippen LogP contribution >= 0.6 is 11.6 Å². The molecule has 2 saturated heterocycles. The van der Waals surface area contributed by atoms with Crippen molar-refractivity contribution in [3.8, 4) is 5.75 Å². The van der Waals surface area contributed by atoms with E-state index >= 15 is 0 Å². The molecule has 2 aromatic rings. The number of benzene rings is 2. The van der Waals surface area contributed by atoms with Gasteiger partial charge in [0.15, 0.2) is 0 Å². The van der Waals surface area contributed by atoms with Gasteiger partial charge in [-0.15, -0.1) is 0 Å². The molecule has 0 saturated carbocycles. The van der Waals surface area contributed by atoms with Crippen molar-refractivity contribution in [2.45, 2.75) is 38.3 Å². The average Bonchev–Trinajstić information content (AvgIpc) is 3.27. The highest BCUT2D eigenvalue weighted by Gasteiger charge is 2.26. The minimum Gasteiger partial charge on any atom is -0.489 e. The number of amides is 1. The van der Waals surface area contributed by atoms with Crippen LogP contribution in [-0.2, 0) is 6.54 Å². The highest BCUT2D eigenvalue weighted by atomic mass is 35.5. The number of carbonyl (C=O) groups excluding carboxylic acids is 1. The second kappa shape index (κ2) is 9.14. The molecule has 1 amide bonds. The maximum Gasteiger partial charge on any atom is 0.257 e. The van der Waals surface area contributed by atoms with Crippen molar-refractivity contribution >= 4 is 17.5 Å². The van der Waals surface area contributed by atoms with Gasteiger partial charge in [0.2, 0.25) is 0 Å². The zero-order valence-corrected chi connectivity index (χ0v) is 17.2. The van der Waals surface area contributed by atoms with Crippen LogP contribution < -0.4 is 4.74 Å². The van der Waals surface area contributed by atoms with E-state index in [2.05, 4.69) is 4.90 Å². The maximum atomic E-state index is 14.0. The molecule has 2 fully saturated rings. The zero-order valence-electron chi connectivity index (χ0n) is 16.4. The normalized spacial score (nSPS) is 18.2. The molecule has 2 aromatic carbocycles. The van der Waals surface area contributed by atoms with Crippen LogP contribution in [0, 0.1) is 5.82 Å². The van der Waals surface area contributed by atoms with Gasteiger partial charge in [0.25, 0.3) is 5.91 Å². The predicted molar refractivity (Wildman–Crippen MR) is 112 cm³/mol. The van der Waals surface area contributed by atoms with Crippen molar-refractivity contribution in [3.63, 3.8) is 0 Å². The molecule has 0 aromatic heterocycles. The molecule has 4 nitrogen and oxygen atoms in total. The number of carbonyl (C=O) groups is 1. The molecule has 0 spiro atoms. The first kappa shape index (κ1) is 20.2. The zero-order chi connectivity index (χ0) is 20.2. The summed E-state index contributed by atoms with van der Waals surface area (Å²) in [6, 6.07) is 12.3. The Hall–Kier alpha value is -2.11. The molecular weight excluding hydrogens is 391 g/mol. The fraction of sp³-hybridized carbons (Fsp3) is 0.435. The lowest BCUT2D eigenvalue weighted by atomic mass is 10.1. The van der Waals surface area contributed by atoms with Crippen LogP contribution in [0.3, 0.4) is 0 Å². The van der Waals surface area contributed by atoms with Gasteiger partial charge in [-0.25, -0.2) is 4.39 Å². The molecule has 0 N–H and O–H groups in total. The van der Waals surface area contributed by atoms with E-state index in [1.54, 1.807) is 12.1 Å². The highest BCUT2D eigenvalue weighted by Crippen LogP contribution is 2.27. The molecule has 2 heterocycles. The van der Waals surface area contributed by atoms with Crippen molar-refractivity contribution in [1.82, 2.24) is 9.80 Å². The Balaban J connectivity index is 1.36. The van der Waals surface area contributed by atoms with Crippen molar-refractivity contribution < 1.29 is 13.9 Å². The molecule has 0 unspecified atom stereocenters. The summed E-state index contributed by atoms with van der Waals surface area (Å²) in [5.74, 6) is 0.468. The smallest absolute Gasteiger partial charge is 0.257 e. The van der Waals surface area contributed by atoms with Crippen LogP contribution in [0.1, 0.15) is 41.6 Å². The standard InChI is InChI=1S/C23H26ClFN2O2/c24-20-7-5-8-21(25)19(20)16-26-14-10-17(11-15-26)29-22-9-2-1-6-18(22)23(28)27-12-3-4-13-27/h1-2,5-9,17H,3-4,10-16H2. The van der Waals surface area contributed by atoms with Crippen LogP contribution in [-0.4, -0.2) is 48.0 Å². The number of hydrogen-bond donors (Lipinski definition) is 0. The van der Waals surface area contributed by atoms with Gasteiger partial charge in [-0.2, -0.15) is 0 Å². The first-order valence-corrected chi connectivity index (χ1v) is 10.7. The summed E-state index contributed by atoms with van der Waals surface area (Å²) in [4.78, 5) is 16.9. The number of piperidine rings is 1. The molecule has 0 bridgehead atoms. The molecule has 2 aliphatic rings. The third-order valence-electron chi connectivity index (χ3n) is 5.78. The Labute approximate surface area is 176 Å². The Kier molecular flexibility index (Phi) is 6.36. The molecule has 29 heavy (non-hydrogen) atoms. The molecule has 4 rings (SSSR count). The minimum atomic E-state index is -0.259. The number of hydrogen-bond acceptors (Lipinski definition) is 3. The van der Waals surface area contributed by atoms with Crippen molar-refractivity contribution in [1.29, 1.82) is 0 Å². The predicted octanol–water partition coefficient (Wildman–Crippen LogP) is 4.76. The Morgan fingerprint density at radius 2 is 1.76 bits per heavy atom. The van der Waals surface area contributed by atoms with Crippen molar-refractivity contribution in [2.24, 2.45) is 0 Å². The molecule has 154 valence electrons. The summed E-state index contributed by atoms with van der Waals surface area (Å²) in [5.41, 5.74) is 1.20. The monoisotopic (exact) mass is 416 g/mol. The SMILES string of the molecule is O=C(c1ccccc1OC1CCN(Cc2c(F)cccc2Cl)CC1)N1CCCC1. The molecule has 0 aliphatic carbocycles. The van der Waals surface area contributed by atoms with Gasteiger partial charge in [-0.1, -0.05) is 29.8 Å². The number of ether oxygens (including phenoxy) is 1. The average molecular weight is 417 g/mol. The lowest BCUT2D eigenvalue weighted by Gasteiger charge is -2.32. The van der Waals surface area contributed by atoms with Crippen LogP contribution in [0.5, 0.6) is 5.75 Å². The van der Waals surface area contributed by atoms with Gasteiger partial charge in [-0.05, 0) is 49.9 Å². The number of halogens is 2. The van der Waals surface area contributed by atoms with Gasteiger partial charge >= 0.3 is 0 Å². The lowest BCUT2D eigenvalue weighted by molar-refractivity contribution is 0.0764. The molecule has 0 atom stereocenters. The van der Waals surface area contributed by atoms with Gasteiger partial charge < -0.3 is 9.64 Å². The van der Waals surface area contributed by atoms with Crippen molar-refractivity contribution in [3.05, 3.63) is 64.4 Å². The number of likely N-dealkylation sites (tertiary alicyclic amines) is 2. The lowest BCUT2D eigenvalue weighted by Crippen LogP contribution is -2.38. The topological polar surface area (TPSA) is 32.8 Å². The molecule has 0 radical (unpaired) electrons. The van der Waals surface area contributed by atoms with Gasteiger partial charge in [0.1, 0.15) is 17.7 Å². The van der Waals surface area contributed by atoms with E-state index in [-0.39, 0.29) is 17.8 Å². The van der Waals surface area contributed by atoms with E-state index in [0.717, 1.165) is 51.9 Å². The first-order valence-electron chi connectivity index (χ1n) is 10.3. The quantitative estimate of drug-likeness (QED) is 0.704. The summed E-state index contributed by atoms with van der Waals surface area (Å²) < 4.78 is 20.3. The summed E-state index contributed by atoms with van der Waals surface area (Å²) in [6.07, 6.45) is 3.85. The van der Waals surface area contributed by atoms with Gasteiger partial charge in [0.05, 0.1) is 5.56 Å². The fourth-order valence-corrected chi connectivity index (χ4v) is 4.33. The molecule has 6 heteroatoms. The van der Waals surface area contributed by atoms with Crippen LogP contribution in [0.15, 0.2) is 42.5 Å². The second-order valence-electron chi connectivity index (χ2n) is 7.79. The van der Waals surface area contributed by atoms with E-state index in [1.165, 1.54) is 6.07 Å². The summed E-state index contributed by atoms with van der Waals surface area (Å²) in [6.45, 7) is 3.76. The Bertz CT molecular complexity index is 841. The second-order valence-corrected chi connectivity index (χ2v) is 8.20. The van der Waals surface area contributed by atoms with E-state index in [9.17, 15) is 9.18 Å². The Morgan fingerprint density at radius 1 is 1.03 bits per heavy atom. The number of para-hydroxylation sites is 1. The summed E-state index contributed by atoms with van der Waals surface area (Å²) in [5, 5.41) is 0.470. The molecular formula is C23H26ClFN2O2. The van der Waals surface area contributed by atoms with Crippen LogP contribution in [0.4, 0.5) is 4.39 Å². The van der Waals surface area contributed by atoms with Gasteiger partial charge in [-0.3, -0.25) is 9.69 Å². The van der Waals surface area contributed by atoms with Gasteiger partial charge in [0, 0.05) is 43.3 Å². The summed E-state index contributed by atoms with van der Waals surface area (Å²) in [7, 11) is 0. The largest absolute Gasteiger partial charge is 0.489 e. The number of nitrogens with zero attached hydrogens (tertiary/aromatic N) is 2. The number of rotatable bonds is 5. The third-order valence-corrected chi connectivity index (χ3v) is 6.14. The highest BCUT2D eigenvalue weighted by molar-refractivity contribution is 6.31. The molecule has 2 aliphatic heterocycles. The van der Waals surface area contributed by atoms with E-state index in [4.69, 9.17) is 16.3 Å². The summed E-state index contributed by atoms with van der Waals surface area (Å²) >= 11 is 6.16. The van der Waals surface area contributed by atoms with Crippen LogP contribution in [0.25, 0.3) is 0 Å². The Morgan fingerprint density at radius 3 is 2.48 bits per heavy atom. The minimum absolute atomic E-state index is 0.0508. The van der Waals surface area contributed by atoms with E-state index < -0.39 is 0 Å². The van der Waals surface area contributed by atoms with E-state index in [1.807, 2.05) is 29.2 Å². The van der Waals surface area contributed by atoms with E-state index in [0.29, 0.717) is 28.4 Å². The van der Waals surface area contributed by atoms with Crippen molar-refractivity contribution in [2.75, 3.05) is 26.2 Å².